The summed E-state index contributed by atoms with van der Waals surface area (Å²) in [5.41, 5.74) is 1.36. The third-order valence-electron chi connectivity index (χ3n) is 5.59. The number of nitrogens with zero attached hydrogens (tertiary/aromatic N) is 2. The number of anilines is 1. The first-order chi connectivity index (χ1) is 14.0. The number of carbonyl (C=O) groups is 2. The Bertz CT molecular complexity index is 665. The van der Waals surface area contributed by atoms with Gasteiger partial charge in [0.05, 0.1) is 13.2 Å². The summed E-state index contributed by atoms with van der Waals surface area (Å²) < 4.78 is 5.45. The molecule has 29 heavy (non-hydrogen) atoms. The van der Waals surface area contributed by atoms with Gasteiger partial charge >= 0.3 is 6.03 Å². The Morgan fingerprint density at radius 1 is 1.03 bits per heavy atom. The summed E-state index contributed by atoms with van der Waals surface area (Å²) in [4.78, 5) is 29.1. The van der Waals surface area contributed by atoms with Crippen LogP contribution in [0.4, 0.5) is 10.5 Å². The van der Waals surface area contributed by atoms with Crippen molar-refractivity contribution in [3.05, 3.63) is 29.8 Å². The summed E-state index contributed by atoms with van der Waals surface area (Å²) >= 11 is 0. The minimum Gasteiger partial charge on any atom is -0.379 e. The topological polar surface area (TPSA) is 73.9 Å². The van der Waals surface area contributed by atoms with E-state index in [1.165, 1.54) is 0 Å². The Kier molecular flexibility index (Phi) is 7.89. The molecule has 0 radical (unpaired) electrons. The van der Waals surface area contributed by atoms with Gasteiger partial charge in [-0.1, -0.05) is 13.8 Å². The van der Waals surface area contributed by atoms with E-state index in [2.05, 4.69) is 29.4 Å². The van der Waals surface area contributed by atoms with Crippen molar-refractivity contribution >= 4 is 17.6 Å². The molecule has 0 spiro atoms. The van der Waals surface area contributed by atoms with Crippen molar-refractivity contribution in [2.24, 2.45) is 5.92 Å². The Balaban J connectivity index is 1.49. The number of hydrogen-bond acceptors (Lipinski definition) is 4. The van der Waals surface area contributed by atoms with Gasteiger partial charge in [0.15, 0.2) is 0 Å². The molecular formula is C22H34N4O3. The SMILES string of the molecule is CC(C)C[C@H](CNC(=O)Nc1ccc(C(=O)N2CCCC2)cc1)N1CCOCC1. The molecule has 7 heteroatoms. The lowest BCUT2D eigenvalue weighted by Gasteiger charge is -2.35. The number of morpholine rings is 1. The highest BCUT2D eigenvalue weighted by atomic mass is 16.5. The van der Waals surface area contributed by atoms with Gasteiger partial charge < -0.3 is 20.3 Å². The predicted octanol–water partition coefficient (Wildman–Crippen LogP) is 2.79. The van der Waals surface area contributed by atoms with E-state index in [4.69, 9.17) is 4.74 Å². The Labute approximate surface area is 173 Å². The highest BCUT2D eigenvalue weighted by molar-refractivity contribution is 5.95. The number of benzene rings is 1. The van der Waals surface area contributed by atoms with Gasteiger partial charge in [0, 0.05) is 50.0 Å². The molecule has 0 unspecified atom stereocenters. The molecule has 2 aliphatic heterocycles. The summed E-state index contributed by atoms with van der Waals surface area (Å²) in [6.45, 7) is 10.0. The first-order valence-corrected chi connectivity index (χ1v) is 10.8. The van der Waals surface area contributed by atoms with Gasteiger partial charge in [-0.25, -0.2) is 4.79 Å². The lowest BCUT2D eigenvalue weighted by atomic mass is 10.0. The molecule has 0 bridgehead atoms. The number of nitrogens with one attached hydrogen (secondary N) is 2. The molecule has 0 aliphatic carbocycles. The molecule has 3 amide bonds. The van der Waals surface area contributed by atoms with Crippen LogP contribution in [-0.2, 0) is 4.74 Å². The molecule has 0 saturated carbocycles. The molecule has 3 rings (SSSR count). The fourth-order valence-corrected chi connectivity index (χ4v) is 4.03. The van der Waals surface area contributed by atoms with Crippen LogP contribution in [0.3, 0.4) is 0 Å². The lowest BCUT2D eigenvalue weighted by Crippen LogP contribution is -2.49. The second-order valence-corrected chi connectivity index (χ2v) is 8.34. The van der Waals surface area contributed by atoms with Crippen LogP contribution in [-0.4, -0.2) is 73.7 Å². The van der Waals surface area contributed by atoms with Gasteiger partial charge in [-0.05, 0) is 49.4 Å². The number of carbonyl (C=O) groups excluding carboxylic acids is 2. The van der Waals surface area contributed by atoms with Crippen molar-refractivity contribution in [3.63, 3.8) is 0 Å². The fourth-order valence-electron chi connectivity index (χ4n) is 4.03. The average molecular weight is 403 g/mol. The number of ether oxygens (including phenoxy) is 1. The van der Waals surface area contributed by atoms with E-state index in [1.807, 2.05) is 4.90 Å². The van der Waals surface area contributed by atoms with Crippen molar-refractivity contribution in [2.45, 2.75) is 39.2 Å². The Hall–Kier alpha value is -2.12. The highest BCUT2D eigenvalue weighted by Crippen LogP contribution is 2.16. The molecule has 1 aromatic carbocycles. The van der Waals surface area contributed by atoms with E-state index in [1.54, 1.807) is 24.3 Å². The fraction of sp³-hybridized carbons (Fsp3) is 0.636. The van der Waals surface area contributed by atoms with E-state index in [0.717, 1.165) is 58.7 Å². The number of urea groups is 1. The zero-order valence-electron chi connectivity index (χ0n) is 17.7. The molecule has 2 fully saturated rings. The number of hydrogen-bond donors (Lipinski definition) is 2. The molecular weight excluding hydrogens is 368 g/mol. The van der Waals surface area contributed by atoms with Gasteiger partial charge in [-0.2, -0.15) is 0 Å². The second kappa shape index (κ2) is 10.6. The molecule has 2 heterocycles. The van der Waals surface area contributed by atoms with Crippen molar-refractivity contribution in [1.29, 1.82) is 0 Å². The van der Waals surface area contributed by atoms with Crippen molar-refractivity contribution < 1.29 is 14.3 Å². The molecule has 2 aliphatic rings. The van der Waals surface area contributed by atoms with Crippen LogP contribution in [0, 0.1) is 5.92 Å². The third kappa shape index (κ3) is 6.44. The van der Waals surface area contributed by atoms with Crippen molar-refractivity contribution in [2.75, 3.05) is 51.3 Å². The molecule has 7 nitrogen and oxygen atoms in total. The van der Waals surface area contributed by atoms with E-state index in [9.17, 15) is 9.59 Å². The van der Waals surface area contributed by atoms with Crippen molar-refractivity contribution in [3.8, 4) is 0 Å². The maximum atomic E-state index is 12.4. The lowest BCUT2D eigenvalue weighted by molar-refractivity contribution is 0.0130. The zero-order chi connectivity index (χ0) is 20.6. The van der Waals surface area contributed by atoms with Crippen LogP contribution in [0.1, 0.15) is 43.5 Å². The summed E-state index contributed by atoms with van der Waals surface area (Å²) in [7, 11) is 0. The monoisotopic (exact) mass is 402 g/mol. The van der Waals surface area contributed by atoms with E-state index < -0.39 is 0 Å². The molecule has 1 atom stereocenters. The van der Waals surface area contributed by atoms with Gasteiger partial charge in [-0.3, -0.25) is 9.69 Å². The molecule has 2 saturated heterocycles. The van der Waals surface area contributed by atoms with E-state index in [0.29, 0.717) is 29.8 Å². The number of rotatable bonds is 7. The first kappa shape index (κ1) is 21.6. The summed E-state index contributed by atoms with van der Waals surface area (Å²) in [6.07, 6.45) is 3.19. The number of likely N-dealkylation sites (tertiary alicyclic amines) is 1. The highest BCUT2D eigenvalue weighted by Gasteiger charge is 2.23. The normalized spacial score (nSPS) is 18.7. The minimum absolute atomic E-state index is 0.0699. The largest absolute Gasteiger partial charge is 0.379 e. The molecule has 1 aromatic rings. The van der Waals surface area contributed by atoms with Gasteiger partial charge in [0.2, 0.25) is 0 Å². The Morgan fingerprint density at radius 2 is 1.69 bits per heavy atom. The maximum Gasteiger partial charge on any atom is 0.319 e. The van der Waals surface area contributed by atoms with E-state index in [-0.39, 0.29) is 11.9 Å². The summed E-state index contributed by atoms with van der Waals surface area (Å²) in [6, 6.07) is 7.24. The zero-order valence-corrected chi connectivity index (χ0v) is 17.7. The average Bonchev–Trinajstić information content (AvgIpc) is 3.26. The molecule has 2 N–H and O–H groups in total. The summed E-state index contributed by atoms with van der Waals surface area (Å²) in [5, 5.41) is 5.88. The van der Waals surface area contributed by atoms with Crippen LogP contribution in [0.15, 0.2) is 24.3 Å². The van der Waals surface area contributed by atoms with E-state index >= 15 is 0 Å². The van der Waals surface area contributed by atoms with Gasteiger partial charge in [-0.15, -0.1) is 0 Å². The quantitative estimate of drug-likeness (QED) is 0.736. The third-order valence-corrected chi connectivity index (χ3v) is 5.59. The predicted molar refractivity (Wildman–Crippen MR) is 114 cm³/mol. The van der Waals surface area contributed by atoms with Crippen LogP contribution < -0.4 is 10.6 Å². The Morgan fingerprint density at radius 3 is 2.31 bits per heavy atom. The van der Waals surface area contributed by atoms with Crippen LogP contribution >= 0.6 is 0 Å². The van der Waals surface area contributed by atoms with Crippen molar-refractivity contribution in [1.82, 2.24) is 15.1 Å². The van der Waals surface area contributed by atoms with Gasteiger partial charge in [0.1, 0.15) is 0 Å². The molecule has 0 aromatic heterocycles. The number of amides is 3. The van der Waals surface area contributed by atoms with Gasteiger partial charge in [0.25, 0.3) is 5.91 Å². The standard InChI is InChI=1S/C22H34N4O3/c1-17(2)15-20(25-11-13-29-14-12-25)16-23-22(28)24-19-7-5-18(6-8-19)21(27)26-9-3-4-10-26/h5-8,17,20H,3-4,9-16H2,1-2H3,(H2,23,24,28)/t20-/m1/s1. The first-order valence-electron chi connectivity index (χ1n) is 10.8. The van der Waals surface area contributed by atoms with Crippen LogP contribution in [0.2, 0.25) is 0 Å². The molecule has 160 valence electrons. The smallest absolute Gasteiger partial charge is 0.319 e. The van der Waals surface area contributed by atoms with Crippen LogP contribution in [0.5, 0.6) is 0 Å². The second-order valence-electron chi connectivity index (χ2n) is 8.34. The van der Waals surface area contributed by atoms with Crippen LogP contribution in [0.25, 0.3) is 0 Å². The maximum absolute atomic E-state index is 12.4. The minimum atomic E-state index is -0.217. The summed E-state index contributed by atoms with van der Waals surface area (Å²) in [5.74, 6) is 0.633.